The van der Waals surface area contributed by atoms with Gasteiger partial charge in [-0.1, -0.05) is 0 Å². The molecule has 0 amide bonds. The van der Waals surface area contributed by atoms with Crippen molar-refractivity contribution in [1.82, 2.24) is 4.31 Å². The summed E-state index contributed by atoms with van der Waals surface area (Å²) in [6.45, 7) is 1.21. The summed E-state index contributed by atoms with van der Waals surface area (Å²) in [4.78, 5) is 12.4. The number of halogens is 6. The summed E-state index contributed by atoms with van der Waals surface area (Å²) in [6, 6.07) is 4.82. The van der Waals surface area contributed by atoms with Crippen LogP contribution in [0.25, 0.3) is 0 Å². The minimum atomic E-state index is -5.00. The topological polar surface area (TPSA) is 76.2 Å². The average molecular weight is 583 g/mol. The molecule has 0 radical (unpaired) electrons. The standard InChI is InChI=1S/C25H28F6N2O5S/c1-15(23(34)37-4)14-38-21-12-22-20(11-19(21)25(29,30)31)33(17-7-5-16(26)6-8-17)13-18(9-10-24(2,27)28)32(3)39(22,35)36/h5-8,11-12,15,18H,9-10,13-14H2,1-4H3/t15-,18-/m1/s1. The molecule has 0 aliphatic carbocycles. The Kier molecular flexibility index (Phi) is 8.80. The predicted molar refractivity (Wildman–Crippen MR) is 130 cm³/mol. The normalized spacial score (nSPS) is 18.7. The third-order valence-electron chi connectivity index (χ3n) is 6.37. The summed E-state index contributed by atoms with van der Waals surface area (Å²) >= 11 is 0. The van der Waals surface area contributed by atoms with Gasteiger partial charge in [0.15, 0.2) is 0 Å². The van der Waals surface area contributed by atoms with E-state index in [-0.39, 0.29) is 24.3 Å². The van der Waals surface area contributed by atoms with Crippen LogP contribution in [0, 0.1) is 11.7 Å². The van der Waals surface area contributed by atoms with Crippen molar-refractivity contribution in [3.05, 3.63) is 47.8 Å². The highest BCUT2D eigenvalue weighted by atomic mass is 32.2. The zero-order valence-corrected chi connectivity index (χ0v) is 22.4. The van der Waals surface area contributed by atoms with Gasteiger partial charge in [-0.15, -0.1) is 0 Å². The van der Waals surface area contributed by atoms with Gasteiger partial charge in [-0.3, -0.25) is 4.79 Å². The molecule has 2 atom stereocenters. The van der Waals surface area contributed by atoms with Gasteiger partial charge in [0, 0.05) is 37.8 Å². The highest BCUT2D eigenvalue weighted by Gasteiger charge is 2.42. The van der Waals surface area contributed by atoms with Crippen molar-refractivity contribution in [2.24, 2.45) is 5.92 Å². The molecule has 0 N–H and O–H groups in total. The number of carbonyl (C=O) groups excluding carboxylic acids is 1. The molecular weight excluding hydrogens is 554 g/mol. The van der Waals surface area contributed by atoms with Crippen LogP contribution in [-0.4, -0.2) is 58.0 Å². The van der Waals surface area contributed by atoms with Crippen LogP contribution < -0.4 is 9.64 Å². The number of benzene rings is 2. The van der Waals surface area contributed by atoms with Gasteiger partial charge in [0.2, 0.25) is 15.9 Å². The highest BCUT2D eigenvalue weighted by Crippen LogP contribution is 2.46. The highest BCUT2D eigenvalue weighted by molar-refractivity contribution is 7.89. The second kappa shape index (κ2) is 11.2. The number of carbonyl (C=O) groups is 1. The second-order valence-electron chi connectivity index (χ2n) is 9.42. The zero-order chi connectivity index (χ0) is 29.3. The molecule has 0 bridgehead atoms. The SMILES string of the molecule is COC(=O)[C@H](C)COc1cc2c(cc1C(F)(F)F)N(c1ccc(F)cc1)C[C@@H](CCC(C)(F)F)N(C)S2(=O)=O. The summed E-state index contributed by atoms with van der Waals surface area (Å²) in [6.07, 6.45) is -5.99. The van der Waals surface area contributed by atoms with Crippen LogP contribution in [0.2, 0.25) is 0 Å². The third-order valence-corrected chi connectivity index (χ3v) is 8.31. The fourth-order valence-electron chi connectivity index (χ4n) is 4.13. The molecule has 2 aromatic carbocycles. The fourth-order valence-corrected chi connectivity index (χ4v) is 5.69. The number of ether oxygens (including phenoxy) is 2. The Morgan fingerprint density at radius 1 is 1.13 bits per heavy atom. The van der Waals surface area contributed by atoms with Crippen LogP contribution in [0.15, 0.2) is 41.3 Å². The van der Waals surface area contributed by atoms with E-state index in [1.807, 2.05) is 0 Å². The molecule has 0 unspecified atom stereocenters. The third kappa shape index (κ3) is 6.96. The Bertz CT molecular complexity index is 1300. The molecule has 3 rings (SSSR count). The largest absolute Gasteiger partial charge is 0.492 e. The Balaban J connectivity index is 2.23. The minimum absolute atomic E-state index is 0.150. The molecule has 0 spiro atoms. The molecule has 39 heavy (non-hydrogen) atoms. The maximum atomic E-state index is 14.2. The lowest BCUT2D eigenvalue weighted by Gasteiger charge is -2.30. The van der Waals surface area contributed by atoms with Crippen molar-refractivity contribution in [3.8, 4) is 5.75 Å². The number of nitrogens with zero attached hydrogens (tertiary/aromatic N) is 2. The molecule has 1 heterocycles. The van der Waals surface area contributed by atoms with Gasteiger partial charge in [-0.05, 0) is 50.6 Å². The maximum Gasteiger partial charge on any atom is 0.420 e. The number of hydrogen-bond donors (Lipinski definition) is 0. The van der Waals surface area contributed by atoms with Gasteiger partial charge >= 0.3 is 12.1 Å². The molecule has 1 aliphatic rings. The lowest BCUT2D eigenvalue weighted by atomic mass is 10.1. The molecule has 0 saturated heterocycles. The van der Waals surface area contributed by atoms with Gasteiger partial charge in [0.05, 0.1) is 24.3 Å². The van der Waals surface area contributed by atoms with E-state index in [4.69, 9.17) is 4.74 Å². The monoisotopic (exact) mass is 582 g/mol. The van der Waals surface area contributed by atoms with Crippen LogP contribution in [0.5, 0.6) is 5.75 Å². The molecule has 0 fully saturated rings. The number of methoxy groups -OCH3 is 1. The first-order valence-corrected chi connectivity index (χ1v) is 13.2. The lowest BCUT2D eigenvalue weighted by molar-refractivity contribution is -0.146. The Morgan fingerprint density at radius 2 is 1.74 bits per heavy atom. The maximum absolute atomic E-state index is 14.2. The number of sulfonamides is 1. The first kappa shape index (κ1) is 30.5. The fraction of sp³-hybridized carbons (Fsp3) is 0.480. The second-order valence-corrected chi connectivity index (χ2v) is 11.4. The van der Waals surface area contributed by atoms with Gasteiger partial charge in [-0.2, -0.15) is 17.5 Å². The lowest BCUT2D eigenvalue weighted by Crippen LogP contribution is -2.41. The van der Waals surface area contributed by atoms with Crippen LogP contribution in [0.1, 0.15) is 32.3 Å². The number of fused-ring (bicyclic) bond motifs is 1. The van der Waals surface area contributed by atoms with Gasteiger partial charge in [-0.25, -0.2) is 21.6 Å². The number of anilines is 2. The van der Waals surface area contributed by atoms with Crippen LogP contribution in [0.4, 0.5) is 37.7 Å². The van der Waals surface area contributed by atoms with Crippen molar-refractivity contribution < 1.29 is 49.0 Å². The van der Waals surface area contributed by atoms with E-state index >= 15 is 0 Å². The van der Waals surface area contributed by atoms with Crippen LogP contribution in [0.3, 0.4) is 0 Å². The quantitative estimate of drug-likeness (QED) is 0.298. The van der Waals surface area contributed by atoms with Gasteiger partial charge in [0.1, 0.15) is 23.1 Å². The molecule has 2 aromatic rings. The van der Waals surface area contributed by atoms with Gasteiger partial charge in [0.25, 0.3) is 0 Å². The van der Waals surface area contributed by atoms with Crippen LogP contribution >= 0.6 is 0 Å². The summed E-state index contributed by atoms with van der Waals surface area (Å²) in [5.41, 5.74) is -1.56. The van der Waals surface area contributed by atoms with E-state index in [0.717, 1.165) is 30.6 Å². The van der Waals surface area contributed by atoms with E-state index in [1.165, 1.54) is 24.0 Å². The minimum Gasteiger partial charge on any atom is -0.492 e. The van der Waals surface area contributed by atoms with Gasteiger partial charge < -0.3 is 14.4 Å². The average Bonchev–Trinajstić information content (AvgIpc) is 2.92. The summed E-state index contributed by atoms with van der Waals surface area (Å²) in [7, 11) is -2.28. The summed E-state index contributed by atoms with van der Waals surface area (Å²) in [5.74, 6) is -6.31. The number of likely N-dealkylation sites (N-methyl/N-ethyl adjacent to an activating group) is 1. The molecule has 14 heteroatoms. The Labute approximate surface area is 222 Å². The van der Waals surface area contributed by atoms with Crippen molar-refractivity contribution in [3.63, 3.8) is 0 Å². The molecule has 216 valence electrons. The van der Waals surface area contributed by atoms with Crippen molar-refractivity contribution in [1.29, 1.82) is 0 Å². The molecular formula is C25H28F6N2O5S. The summed E-state index contributed by atoms with van der Waals surface area (Å²) in [5, 5.41) is 0. The smallest absolute Gasteiger partial charge is 0.420 e. The Hall–Kier alpha value is -3.00. The number of hydrogen-bond acceptors (Lipinski definition) is 6. The number of esters is 1. The molecule has 1 aliphatic heterocycles. The molecule has 7 nitrogen and oxygen atoms in total. The van der Waals surface area contributed by atoms with Crippen LogP contribution in [-0.2, 0) is 25.7 Å². The van der Waals surface area contributed by atoms with E-state index in [2.05, 4.69) is 4.74 Å². The van der Waals surface area contributed by atoms with Crippen molar-refractivity contribution in [2.45, 2.75) is 49.7 Å². The first-order valence-electron chi connectivity index (χ1n) is 11.8. The molecule has 0 aromatic heterocycles. The number of alkyl halides is 5. The Morgan fingerprint density at radius 3 is 2.28 bits per heavy atom. The van der Waals surface area contributed by atoms with E-state index < -0.39 is 75.1 Å². The van der Waals surface area contributed by atoms with E-state index in [1.54, 1.807) is 0 Å². The zero-order valence-electron chi connectivity index (χ0n) is 21.6. The molecule has 0 saturated carbocycles. The number of rotatable bonds is 8. The first-order chi connectivity index (χ1) is 18.0. The summed E-state index contributed by atoms with van der Waals surface area (Å²) < 4.78 is 121. The van der Waals surface area contributed by atoms with Crippen molar-refractivity contribution in [2.75, 3.05) is 32.2 Å². The van der Waals surface area contributed by atoms with E-state index in [0.29, 0.717) is 19.1 Å². The van der Waals surface area contributed by atoms with Crippen molar-refractivity contribution >= 4 is 27.4 Å². The predicted octanol–water partition coefficient (Wildman–Crippen LogP) is 5.61. The van der Waals surface area contributed by atoms with E-state index in [9.17, 15) is 39.6 Å².